The quantitative estimate of drug-likeness (QED) is 0.574. The van der Waals surface area contributed by atoms with Crippen molar-refractivity contribution in [3.05, 3.63) is 24.3 Å². The molecule has 0 bridgehead atoms. The van der Waals surface area contributed by atoms with Gasteiger partial charge in [0.15, 0.2) is 0 Å². The molecular formula is C24H37N3O4S. The Hall–Kier alpha value is -1.93. The van der Waals surface area contributed by atoms with Gasteiger partial charge in [-0.25, -0.2) is 13.1 Å². The molecule has 1 aromatic rings. The summed E-state index contributed by atoms with van der Waals surface area (Å²) in [7, 11) is -3.61. The second-order valence-corrected chi connectivity index (χ2v) is 11.4. The Morgan fingerprint density at radius 2 is 1.62 bits per heavy atom. The zero-order chi connectivity index (χ0) is 23.3. The fourth-order valence-corrected chi connectivity index (χ4v) is 6.06. The van der Waals surface area contributed by atoms with E-state index >= 15 is 0 Å². The lowest BCUT2D eigenvalue weighted by Crippen LogP contribution is -2.46. The third-order valence-corrected chi connectivity index (χ3v) is 8.74. The van der Waals surface area contributed by atoms with Crippen LogP contribution < -0.4 is 15.4 Å². The zero-order valence-electron chi connectivity index (χ0n) is 19.4. The van der Waals surface area contributed by atoms with E-state index in [0.717, 1.165) is 32.1 Å². The molecule has 2 aliphatic rings. The minimum Gasteiger partial charge on any atom is -0.353 e. The van der Waals surface area contributed by atoms with E-state index in [1.807, 2.05) is 0 Å². The van der Waals surface area contributed by atoms with E-state index in [2.05, 4.69) is 29.2 Å². The van der Waals surface area contributed by atoms with Crippen molar-refractivity contribution in [2.75, 3.05) is 11.9 Å². The van der Waals surface area contributed by atoms with Gasteiger partial charge >= 0.3 is 0 Å². The minimum atomic E-state index is -3.61. The maximum absolute atomic E-state index is 12.8. The highest BCUT2D eigenvalue weighted by Gasteiger charge is 2.32. The molecule has 0 radical (unpaired) electrons. The first-order valence-electron chi connectivity index (χ1n) is 11.8. The number of benzene rings is 1. The zero-order valence-corrected chi connectivity index (χ0v) is 20.2. The van der Waals surface area contributed by atoms with Crippen LogP contribution in [0.2, 0.25) is 0 Å². The molecule has 3 atom stereocenters. The summed E-state index contributed by atoms with van der Waals surface area (Å²) in [6.45, 7) is 6.29. The molecule has 8 heteroatoms. The Morgan fingerprint density at radius 3 is 2.25 bits per heavy atom. The molecule has 7 nitrogen and oxygen atoms in total. The van der Waals surface area contributed by atoms with E-state index in [9.17, 15) is 18.0 Å². The molecule has 3 rings (SSSR count). The van der Waals surface area contributed by atoms with Gasteiger partial charge in [0, 0.05) is 31.1 Å². The number of sulfonamides is 1. The predicted molar refractivity (Wildman–Crippen MR) is 125 cm³/mol. The molecule has 0 saturated heterocycles. The van der Waals surface area contributed by atoms with Gasteiger partial charge in [-0.3, -0.25) is 9.59 Å². The van der Waals surface area contributed by atoms with Crippen LogP contribution in [-0.2, 0) is 19.6 Å². The van der Waals surface area contributed by atoms with Gasteiger partial charge in [0.25, 0.3) is 0 Å². The van der Waals surface area contributed by atoms with Crippen molar-refractivity contribution >= 4 is 27.5 Å². The number of hydrogen-bond acceptors (Lipinski definition) is 4. The number of rotatable bonds is 7. The lowest BCUT2D eigenvalue weighted by molar-refractivity contribution is -0.127. The first-order chi connectivity index (χ1) is 15.2. The van der Waals surface area contributed by atoms with Gasteiger partial charge in [-0.15, -0.1) is 0 Å². The summed E-state index contributed by atoms with van der Waals surface area (Å²) in [6, 6.07) is 6.42. The standard InChI is InChI=1S/C24H37N3O4S/c1-16-5-4-6-23(17(16)2)27-24(29)20-9-7-19(8-10-20)15-25-32(30,31)22-13-11-21(12-14-22)26-18(3)28/h11-14,16-17,19-20,23,25H,4-10,15H2,1-3H3,(H,26,28)(H,27,29)/t16-,17+,19?,20?,23-/m1/s1. The third-order valence-electron chi connectivity index (χ3n) is 7.30. The Kier molecular flexibility index (Phi) is 8.33. The molecule has 3 N–H and O–H groups in total. The SMILES string of the molecule is CC(=O)Nc1ccc(S(=O)(=O)NCC2CCC(C(=O)N[C@@H]3CCC[C@@H](C)[C@@H]3C)CC2)cc1. The molecule has 32 heavy (non-hydrogen) atoms. The van der Waals surface area contributed by atoms with Crippen LogP contribution in [0.25, 0.3) is 0 Å². The molecule has 0 aliphatic heterocycles. The van der Waals surface area contributed by atoms with Crippen LogP contribution >= 0.6 is 0 Å². The maximum Gasteiger partial charge on any atom is 0.240 e. The van der Waals surface area contributed by atoms with Gasteiger partial charge in [-0.05, 0) is 74.1 Å². The summed E-state index contributed by atoms with van der Waals surface area (Å²) in [5.74, 6) is 1.42. The van der Waals surface area contributed by atoms with Crippen molar-refractivity contribution in [2.45, 2.75) is 76.7 Å². The van der Waals surface area contributed by atoms with Crippen LogP contribution in [0.5, 0.6) is 0 Å². The fourth-order valence-electron chi connectivity index (χ4n) is 4.95. The number of carbonyl (C=O) groups is 2. The summed E-state index contributed by atoms with van der Waals surface area (Å²) in [4.78, 5) is 24.0. The third kappa shape index (κ3) is 6.54. The van der Waals surface area contributed by atoms with Crippen LogP contribution in [0.4, 0.5) is 5.69 Å². The topological polar surface area (TPSA) is 104 Å². The Morgan fingerprint density at radius 1 is 0.969 bits per heavy atom. The van der Waals surface area contributed by atoms with Crippen LogP contribution in [0.1, 0.15) is 65.7 Å². The molecule has 1 aromatic carbocycles. The lowest BCUT2D eigenvalue weighted by atomic mass is 9.77. The van der Waals surface area contributed by atoms with Gasteiger partial charge in [-0.2, -0.15) is 0 Å². The monoisotopic (exact) mass is 463 g/mol. The van der Waals surface area contributed by atoms with Crippen LogP contribution in [0.3, 0.4) is 0 Å². The van der Waals surface area contributed by atoms with Gasteiger partial charge in [-0.1, -0.05) is 26.7 Å². The number of amides is 2. The van der Waals surface area contributed by atoms with Gasteiger partial charge < -0.3 is 10.6 Å². The molecule has 178 valence electrons. The van der Waals surface area contributed by atoms with Crippen molar-refractivity contribution in [3.8, 4) is 0 Å². The van der Waals surface area contributed by atoms with E-state index in [4.69, 9.17) is 0 Å². The molecule has 2 saturated carbocycles. The Bertz CT molecular complexity index is 892. The van der Waals surface area contributed by atoms with E-state index in [1.54, 1.807) is 12.1 Å². The molecule has 0 unspecified atom stereocenters. The summed E-state index contributed by atoms with van der Waals surface area (Å²) >= 11 is 0. The van der Waals surface area contributed by atoms with E-state index in [1.165, 1.54) is 31.9 Å². The molecule has 0 spiro atoms. The van der Waals surface area contributed by atoms with Crippen molar-refractivity contribution in [3.63, 3.8) is 0 Å². The molecule has 0 aromatic heterocycles. The van der Waals surface area contributed by atoms with Crippen LogP contribution in [0.15, 0.2) is 29.2 Å². The summed E-state index contributed by atoms with van der Waals surface area (Å²) in [5, 5.41) is 5.92. The highest BCUT2D eigenvalue weighted by Crippen LogP contribution is 2.32. The summed E-state index contributed by atoms with van der Waals surface area (Å²) in [6.07, 6.45) is 6.80. The maximum atomic E-state index is 12.8. The number of hydrogen-bond donors (Lipinski definition) is 3. The number of anilines is 1. The second kappa shape index (κ2) is 10.8. The highest BCUT2D eigenvalue weighted by atomic mass is 32.2. The molecular weight excluding hydrogens is 426 g/mol. The summed E-state index contributed by atoms with van der Waals surface area (Å²) in [5.41, 5.74) is 0.560. The molecule has 2 fully saturated rings. The average Bonchev–Trinajstić information content (AvgIpc) is 2.76. The lowest BCUT2D eigenvalue weighted by Gasteiger charge is -2.36. The predicted octanol–water partition coefficient (Wildman–Crippen LogP) is 3.67. The van der Waals surface area contributed by atoms with Crippen molar-refractivity contribution in [1.29, 1.82) is 0 Å². The molecule has 0 heterocycles. The van der Waals surface area contributed by atoms with Gasteiger partial charge in [0.05, 0.1) is 4.90 Å². The first-order valence-corrected chi connectivity index (χ1v) is 13.3. The number of carbonyl (C=O) groups excluding carboxylic acids is 2. The van der Waals surface area contributed by atoms with Crippen LogP contribution in [0, 0.1) is 23.7 Å². The Balaban J connectivity index is 1.44. The first kappa shape index (κ1) is 24.7. The average molecular weight is 464 g/mol. The Labute approximate surface area is 192 Å². The highest BCUT2D eigenvalue weighted by molar-refractivity contribution is 7.89. The van der Waals surface area contributed by atoms with Crippen molar-refractivity contribution < 1.29 is 18.0 Å². The van der Waals surface area contributed by atoms with E-state index in [0.29, 0.717) is 24.1 Å². The van der Waals surface area contributed by atoms with E-state index in [-0.39, 0.29) is 34.6 Å². The summed E-state index contributed by atoms with van der Waals surface area (Å²) < 4.78 is 27.9. The van der Waals surface area contributed by atoms with Gasteiger partial charge in [0.1, 0.15) is 0 Å². The normalized spacial score (nSPS) is 28.7. The number of nitrogens with one attached hydrogen (secondary N) is 3. The van der Waals surface area contributed by atoms with Crippen molar-refractivity contribution in [1.82, 2.24) is 10.0 Å². The minimum absolute atomic E-state index is 0.0358. The fraction of sp³-hybridized carbons (Fsp3) is 0.667. The molecule has 2 amide bonds. The largest absolute Gasteiger partial charge is 0.353 e. The smallest absolute Gasteiger partial charge is 0.240 e. The van der Waals surface area contributed by atoms with E-state index < -0.39 is 10.0 Å². The van der Waals surface area contributed by atoms with Crippen LogP contribution in [-0.4, -0.2) is 32.8 Å². The van der Waals surface area contributed by atoms with Crippen molar-refractivity contribution in [2.24, 2.45) is 23.7 Å². The van der Waals surface area contributed by atoms with Gasteiger partial charge in [0.2, 0.25) is 21.8 Å². The molecule has 2 aliphatic carbocycles. The second-order valence-electron chi connectivity index (χ2n) is 9.66.